The molecule has 3 N–H and O–H groups in total. The number of ether oxygens (including phenoxy) is 1. The Balaban J connectivity index is 1.13. The molecule has 194 valence electrons. The Kier molecular flexibility index (Phi) is 6.28. The van der Waals surface area contributed by atoms with Crippen LogP contribution in [-0.2, 0) is 4.74 Å². The highest BCUT2D eigenvalue weighted by Gasteiger charge is 2.27. The number of piperidine rings is 1. The van der Waals surface area contributed by atoms with E-state index in [2.05, 4.69) is 54.6 Å². The van der Waals surface area contributed by atoms with Crippen LogP contribution in [0.15, 0.2) is 36.9 Å². The van der Waals surface area contributed by atoms with Crippen molar-refractivity contribution in [1.29, 1.82) is 0 Å². The molecule has 3 fully saturated rings. The van der Waals surface area contributed by atoms with E-state index in [1.54, 1.807) is 6.33 Å². The van der Waals surface area contributed by atoms with Gasteiger partial charge in [0.25, 0.3) is 0 Å². The van der Waals surface area contributed by atoms with E-state index in [9.17, 15) is 0 Å². The van der Waals surface area contributed by atoms with Crippen LogP contribution in [0.4, 0.5) is 5.82 Å². The zero-order chi connectivity index (χ0) is 24.6. The smallest absolute Gasteiger partial charge is 0.143 e. The predicted molar refractivity (Wildman–Crippen MR) is 146 cm³/mol. The summed E-state index contributed by atoms with van der Waals surface area (Å²) in [6, 6.07) is 8.21. The lowest BCUT2D eigenvalue weighted by molar-refractivity contribution is 0.00791. The van der Waals surface area contributed by atoms with Crippen LogP contribution in [-0.4, -0.2) is 81.1 Å². The van der Waals surface area contributed by atoms with E-state index in [0.29, 0.717) is 18.1 Å². The van der Waals surface area contributed by atoms with Crippen LogP contribution in [0.5, 0.6) is 0 Å². The average Bonchev–Trinajstić information content (AvgIpc) is 3.60. The highest BCUT2D eigenvalue weighted by atomic mass is 16.5. The molecule has 5 heterocycles. The SMILES string of the molecule is c1nc(NC2CCC(N3CCOCC3)CC2)c2c(n1)[nH]c1ccc(-c3cnn(C4CCNCC4)c3)cc12. The molecule has 0 atom stereocenters. The first-order valence-corrected chi connectivity index (χ1v) is 13.9. The third kappa shape index (κ3) is 4.60. The molecule has 0 radical (unpaired) electrons. The van der Waals surface area contributed by atoms with E-state index in [1.807, 2.05) is 6.20 Å². The molecule has 1 aliphatic carbocycles. The molecule has 37 heavy (non-hydrogen) atoms. The molecule has 1 aromatic carbocycles. The fraction of sp³-hybridized carbons (Fsp3) is 0.536. The minimum Gasteiger partial charge on any atom is -0.379 e. The maximum Gasteiger partial charge on any atom is 0.143 e. The van der Waals surface area contributed by atoms with Crippen LogP contribution in [0, 0.1) is 0 Å². The number of fused-ring (bicyclic) bond motifs is 3. The van der Waals surface area contributed by atoms with E-state index in [1.165, 1.54) is 18.4 Å². The van der Waals surface area contributed by atoms with E-state index < -0.39 is 0 Å². The number of rotatable bonds is 5. The number of hydrogen-bond acceptors (Lipinski definition) is 7. The predicted octanol–water partition coefficient (Wildman–Crippen LogP) is 3.95. The molecule has 9 heteroatoms. The zero-order valence-electron chi connectivity index (χ0n) is 21.3. The van der Waals surface area contributed by atoms with Gasteiger partial charge in [0.15, 0.2) is 0 Å². The van der Waals surface area contributed by atoms with Gasteiger partial charge in [-0.3, -0.25) is 9.58 Å². The lowest BCUT2D eigenvalue weighted by Crippen LogP contribution is -2.46. The van der Waals surface area contributed by atoms with Crippen molar-refractivity contribution in [3.8, 4) is 11.1 Å². The van der Waals surface area contributed by atoms with Gasteiger partial charge in [-0.05, 0) is 69.3 Å². The number of H-pyrrole nitrogens is 1. The van der Waals surface area contributed by atoms with Gasteiger partial charge in [-0.15, -0.1) is 0 Å². The fourth-order valence-electron chi connectivity index (χ4n) is 6.49. The molecule has 0 spiro atoms. The van der Waals surface area contributed by atoms with Crippen molar-refractivity contribution in [3.05, 3.63) is 36.9 Å². The van der Waals surface area contributed by atoms with Crippen molar-refractivity contribution >= 4 is 27.8 Å². The number of benzene rings is 1. The monoisotopic (exact) mass is 500 g/mol. The Labute approximate surface area is 217 Å². The van der Waals surface area contributed by atoms with Crippen molar-refractivity contribution in [2.24, 2.45) is 0 Å². The highest BCUT2D eigenvalue weighted by molar-refractivity contribution is 6.12. The summed E-state index contributed by atoms with van der Waals surface area (Å²) in [6.45, 7) is 6.02. The van der Waals surface area contributed by atoms with Gasteiger partial charge in [0.2, 0.25) is 0 Å². The molecule has 0 bridgehead atoms. The molecular formula is C28H36N8O. The maximum absolute atomic E-state index is 5.55. The van der Waals surface area contributed by atoms with E-state index >= 15 is 0 Å². The normalized spacial score (nSPS) is 24.1. The van der Waals surface area contributed by atoms with Crippen molar-refractivity contribution in [2.75, 3.05) is 44.7 Å². The Morgan fingerprint density at radius 3 is 2.59 bits per heavy atom. The summed E-state index contributed by atoms with van der Waals surface area (Å²) >= 11 is 0. The largest absolute Gasteiger partial charge is 0.379 e. The van der Waals surface area contributed by atoms with Gasteiger partial charge in [-0.25, -0.2) is 9.97 Å². The minimum atomic E-state index is 0.437. The van der Waals surface area contributed by atoms with Crippen molar-refractivity contribution in [3.63, 3.8) is 0 Å². The summed E-state index contributed by atoms with van der Waals surface area (Å²) in [5, 5.41) is 14.2. The molecule has 0 unspecified atom stereocenters. The maximum atomic E-state index is 5.55. The summed E-state index contributed by atoms with van der Waals surface area (Å²) in [7, 11) is 0. The zero-order valence-corrected chi connectivity index (χ0v) is 21.3. The van der Waals surface area contributed by atoms with Crippen LogP contribution in [0.1, 0.15) is 44.6 Å². The first kappa shape index (κ1) is 23.1. The van der Waals surface area contributed by atoms with Crippen molar-refractivity contribution < 1.29 is 4.74 Å². The molecular weight excluding hydrogens is 464 g/mol. The Morgan fingerprint density at radius 2 is 1.76 bits per heavy atom. The number of nitrogens with zero attached hydrogens (tertiary/aromatic N) is 5. The summed E-state index contributed by atoms with van der Waals surface area (Å²) in [4.78, 5) is 15.4. The number of morpholine rings is 1. The highest BCUT2D eigenvalue weighted by Crippen LogP contribution is 2.34. The Hall–Kier alpha value is -3.01. The van der Waals surface area contributed by atoms with Crippen LogP contribution in [0.25, 0.3) is 33.1 Å². The quantitative estimate of drug-likeness (QED) is 0.382. The van der Waals surface area contributed by atoms with E-state index in [4.69, 9.17) is 14.8 Å². The number of hydrogen-bond donors (Lipinski definition) is 3. The second kappa shape index (κ2) is 10.0. The standard InChI is InChI=1S/C28H36N8O/c1-6-25-24(15-19(1)20-16-32-36(17-20)23-7-9-29-10-8-23)26-27(30-18-31-28(26)34-25)33-21-2-4-22(5-3-21)35-11-13-37-14-12-35/h1,6,15-18,21-23,29H,2-5,7-14H2,(H2,30,31,33,34). The molecule has 3 aliphatic rings. The van der Waals surface area contributed by atoms with Gasteiger partial charge >= 0.3 is 0 Å². The second-order valence-corrected chi connectivity index (χ2v) is 10.8. The fourth-order valence-corrected chi connectivity index (χ4v) is 6.49. The third-order valence-corrected chi connectivity index (χ3v) is 8.61. The first-order chi connectivity index (χ1) is 18.3. The van der Waals surface area contributed by atoms with Gasteiger partial charge in [0.1, 0.15) is 17.8 Å². The van der Waals surface area contributed by atoms with Crippen LogP contribution >= 0.6 is 0 Å². The number of nitrogens with one attached hydrogen (secondary N) is 3. The topological polar surface area (TPSA) is 95.9 Å². The van der Waals surface area contributed by atoms with Gasteiger partial charge < -0.3 is 20.4 Å². The molecule has 2 saturated heterocycles. The molecule has 1 saturated carbocycles. The molecule has 3 aromatic heterocycles. The molecule has 0 amide bonds. The number of aromatic nitrogens is 5. The summed E-state index contributed by atoms with van der Waals surface area (Å²) in [6.07, 6.45) is 12.9. The summed E-state index contributed by atoms with van der Waals surface area (Å²) in [5.74, 6) is 0.939. The lowest BCUT2D eigenvalue weighted by atomic mass is 9.90. The van der Waals surface area contributed by atoms with Gasteiger partial charge in [-0.1, -0.05) is 6.07 Å². The second-order valence-electron chi connectivity index (χ2n) is 10.8. The molecule has 9 nitrogen and oxygen atoms in total. The van der Waals surface area contributed by atoms with Gasteiger partial charge in [0.05, 0.1) is 30.8 Å². The average molecular weight is 501 g/mol. The van der Waals surface area contributed by atoms with Crippen LogP contribution < -0.4 is 10.6 Å². The Bertz CT molecular complexity index is 1360. The lowest BCUT2D eigenvalue weighted by Gasteiger charge is -2.39. The molecule has 2 aliphatic heterocycles. The van der Waals surface area contributed by atoms with E-state index in [-0.39, 0.29) is 0 Å². The number of anilines is 1. The van der Waals surface area contributed by atoms with E-state index in [0.717, 1.165) is 98.4 Å². The van der Waals surface area contributed by atoms with Crippen molar-refractivity contribution in [1.82, 2.24) is 34.9 Å². The van der Waals surface area contributed by atoms with Gasteiger partial charge in [-0.2, -0.15) is 5.10 Å². The Morgan fingerprint density at radius 1 is 0.919 bits per heavy atom. The first-order valence-electron chi connectivity index (χ1n) is 13.9. The summed E-state index contributed by atoms with van der Waals surface area (Å²) < 4.78 is 7.70. The van der Waals surface area contributed by atoms with Gasteiger partial charge in [0, 0.05) is 47.8 Å². The van der Waals surface area contributed by atoms with Crippen LogP contribution in [0.2, 0.25) is 0 Å². The number of aromatic amines is 1. The molecule has 7 rings (SSSR count). The molecule has 4 aromatic rings. The van der Waals surface area contributed by atoms with Crippen LogP contribution in [0.3, 0.4) is 0 Å². The minimum absolute atomic E-state index is 0.437. The van der Waals surface area contributed by atoms with Crippen molar-refractivity contribution in [2.45, 2.75) is 56.7 Å². The third-order valence-electron chi connectivity index (χ3n) is 8.61. The summed E-state index contributed by atoms with van der Waals surface area (Å²) in [5.41, 5.74) is 4.30.